The van der Waals surface area contributed by atoms with Gasteiger partial charge in [0.05, 0.1) is 12.8 Å². The monoisotopic (exact) mass is 229 g/mol. The van der Waals surface area contributed by atoms with Gasteiger partial charge in [-0.2, -0.15) is 0 Å². The van der Waals surface area contributed by atoms with Gasteiger partial charge in [-0.3, -0.25) is 0 Å². The van der Waals surface area contributed by atoms with Gasteiger partial charge in [0, 0.05) is 18.3 Å². The van der Waals surface area contributed by atoms with Crippen molar-refractivity contribution in [1.82, 2.24) is 9.97 Å². The van der Waals surface area contributed by atoms with E-state index in [1.165, 1.54) is 0 Å². The lowest BCUT2D eigenvalue weighted by Gasteiger charge is -2.06. The van der Waals surface area contributed by atoms with Crippen LogP contribution in [0.1, 0.15) is 6.92 Å². The van der Waals surface area contributed by atoms with E-state index in [4.69, 9.17) is 4.74 Å². The molecular formula is C13H15N3O. The number of rotatable bonds is 4. The Hall–Kier alpha value is -2.10. The lowest BCUT2D eigenvalue weighted by Crippen LogP contribution is -2.02. The van der Waals surface area contributed by atoms with Crippen molar-refractivity contribution in [3.63, 3.8) is 0 Å². The molecule has 0 radical (unpaired) electrons. The first-order valence-electron chi connectivity index (χ1n) is 5.55. The first kappa shape index (κ1) is 11.4. The number of hydrogen-bond donors (Lipinski definition) is 1. The van der Waals surface area contributed by atoms with Gasteiger partial charge in [-0.15, -0.1) is 0 Å². The molecule has 4 heteroatoms. The predicted molar refractivity (Wildman–Crippen MR) is 68.2 cm³/mol. The fourth-order valence-electron chi connectivity index (χ4n) is 1.55. The van der Waals surface area contributed by atoms with Crippen LogP contribution in [0.5, 0.6) is 5.75 Å². The molecule has 1 aromatic carbocycles. The summed E-state index contributed by atoms with van der Waals surface area (Å²) in [5.41, 5.74) is 1.90. The molecule has 4 nitrogen and oxygen atoms in total. The van der Waals surface area contributed by atoms with E-state index in [0.717, 1.165) is 23.6 Å². The van der Waals surface area contributed by atoms with Crippen LogP contribution in [-0.4, -0.2) is 23.6 Å². The highest BCUT2D eigenvalue weighted by Gasteiger charge is 2.02. The maximum absolute atomic E-state index is 5.20. The summed E-state index contributed by atoms with van der Waals surface area (Å²) >= 11 is 0. The van der Waals surface area contributed by atoms with Crippen LogP contribution in [0.15, 0.2) is 36.5 Å². The molecule has 0 saturated heterocycles. The highest BCUT2D eigenvalue weighted by atomic mass is 16.5. The summed E-state index contributed by atoms with van der Waals surface area (Å²) in [7, 11) is 1.66. The maximum Gasteiger partial charge on any atom is 0.223 e. The van der Waals surface area contributed by atoms with Gasteiger partial charge < -0.3 is 10.1 Å². The molecule has 1 N–H and O–H groups in total. The summed E-state index contributed by atoms with van der Waals surface area (Å²) in [6.07, 6.45) is 1.75. The lowest BCUT2D eigenvalue weighted by molar-refractivity contribution is 0.415. The van der Waals surface area contributed by atoms with Crippen molar-refractivity contribution in [2.24, 2.45) is 0 Å². The first-order chi connectivity index (χ1) is 8.33. The van der Waals surface area contributed by atoms with E-state index in [2.05, 4.69) is 15.3 Å². The second kappa shape index (κ2) is 5.30. The van der Waals surface area contributed by atoms with Crippen LogP contribution in [0.25, 0.3) is 11.3 Å². The standard InChI is InChI=1S/C13H15N3O/c1-3-14-13-15-8-7-12(16-13)10-5-4-6-11(9-10)17-2/h4-9H,3H2,1-2H3,(H,14,15,16). The molecule has 0 bridgehead atoms. The van der Waals surface area contributed by atoms with Gasteiger partial charge in [-0.05, 0) is 25.1 Å². The van der Waals surface area contributed by atoms with Crippen LogP contribution in [0.4, 0.5) is 5.95 Å². The van der Waals surface area contributed by atoms with E-state index in [-0.39, 0.29) is 0 Å². The highest BCUT2D eigenvalue weighted by molar-refractivity contribution is 5.61. The van der Waals surface area contributed by atoms with E-state index in [1.54, 1.807) is 13.3 Å². The molecule has 0 aliphatic carbocycles. The molecule has 1 aromatic heterocycles. The molecule has 0 spiro atoms. The van der Waals surface area contributed by atoms with Gasteiger partial charge in [-0.1, -0.05) is 12.1 Å². The number of nitrogens with zero attached hydrogens (tertiary/aromatic N) is 2. The Bertz CT molecular complexity index is 500. The van der Waals surface area contributed by atoms with Crippen molar-refractivity contribution in [2.75, 3.05) is 19.0 Å². The van der Waals surface area contributed by atoms with Gasteiger partial charge in [-0.25, -0.2) is 9.97 Å². The van der Waals surface area contributed by atoms with Gasteiger partial charge >= 0.3 is 0 Å². The molecule has 2 rings (SSSR count). The van der Waals surface area contributed by atoms with Crippen LogP contribution in [0.2, 0.25) is 0 Å². The minimum atomic E-state index is 0.646. The molecule has 2 aromatic rings. The minimum Gasteiger partial charge on any atom is -0.497 e. The van der Waals surface area contributed by atoms with Crippen LogP contribution >= 0.6 is 0 Å². The number of hydrogen-bond acceptors (Lipinski definition) is 4. The minimum absolute atomic E-state index is 0.646. The van der Waals surface area contributed by atoms with Crippen LogP contribution in [0.3, 0.4) is 0 Å². The molecule has 88 valence electrons. The van der Waals surface area contributed by atoms with E-state index in [0.29, 0.717) is 5.95 Å². The highest BCUT2D eigenvalue weighted by Crippen LogP contribution is 2.22. The van der Waals surface area contributed by atoms with Crippen molar-refractivity contribution in [2.45, 2.75) is 6.92 Å². The average molecular weight is 229 g/mol. The molecular weight excluding hydrogens is 214 g/mol. The average Bonchev–Trinajstić information content (AvgIpc) is 2.40. The molecule has 0 amide bonds. The van der Waals surface area contributed by atoms with E-state index < -0.39 is 0 Å². The van der Waals surface area contributed by atoms with Crippen LogP contribution < -0.4 is 10.1 Å². The Labute approximate surface area is 101 Å². The predicted octanol–water partition coefficient (Wildman–Crippen LogP) is 2.58. The summed E-state index contributed by atoms with van der Waals surface area (Å²) in [6, 6.07) is 9.70. The first-order valence-corrected chi connectivity index (χ1v) is 5.55. The Balaban J connectivity index is 2.34. The number of aromatic nitrogens is 2. The summed E-state index contributed by atoms with van der Waals surface area (Å²) in [6.45, 7) is 2.82. The number of anilines is 1. The van der Waals surface area contributed by atoms with Gasteiger partial charge in [0.15, 0.2) is 0 Å². The summed E-state index contributed by atoms with van der Waals surface area (Å²) < 4.78 is 5.20. The maximum atomic E-state index is 5.20. The van der Waals surface area contributed by atoms with Gasteiger partial charge in [0.2, 0.25) is 5.95 Å². The molecule has 0 unspecified atom stereocenters. The Morgan fingerprint density at radius 1 is 1.29 bits per heavy atom. The quantitative estimate of drug-likeness (QED) is 0.875. The summed E-state index contributed by atoms with van der Waals surface area (Å²) in [5.74, 6) is 1.47. The zero-order valence-corrected chi connectivity index (χ0v) is 9.97. The van der Waals surface area contributed by atoms with Gasteiger partial charge in [0.25, 0.3) is 0 Å². The van der Waals surface area contributed by atoms with E-state index in [9.17, 15) is 0 Å². The second-order valence-electron chi connectivity index (χ2n) is 3.53. The second-order valence-corrected chi connectivity index (χ2v) is 3.53. The molecule has 0 fully saturated rings. The largest absolute Gasteiger partial charge is 0.497 e. The van der Waals surface area contributed by atoms with Crippen molar-refractivity contribution in [3.05, 3.63) is 36.5 Å². The van der Waals surface area contributed by atoms with Crippen molar-refractivity contribution < 1.29 is 4.74 Å². The lowest BCUT2D eigenvalue weighted by atomic mass is 10.1. The van der Waals surface area contributed by atoms with Crippen molar-refractivity contribution in [1.29, 1.82) is 0 Å². The molecule has 17 heavy (non-hydrogen) atoms. The van der Waals surface area contributed by atoms with E-state index >= 15 is 0 Å². The molecule has 0 aliphatic rings. The topological polar surface area (TPSA) is 47.0 Å². The molecule has 0 saturated carbocycles. The Kier molecular flexibility index (Phi) is 3.55. The number of ether oxygens (including phenoxy) is 1. The third-order valence-corrected chi connectivity index (χ3v) is 2.36. The summed E-state index contributed by atoms with van der Waals surface area (Å²) in [5, 5.41) is 3.09. The normalized spacial score (nSPS) is 10.0. The zero-order chi connectivity index (χ0) is 12.1. The third-order valence-electron chi connectivity index (χ3n) is 2.36. The smallest absolute Gasteiger partial charge is 0.223 e. The number of nitrogens with one attached hydrogen (secondary N) is 1. The summed E-state index contributed by atoms with van der Waals surface area (Å²) in [4.78, 5) is 8.57. The fourth-order valence-corrected chi connectivity index (χ4v) is 1.55. The number of benzene rings is 1. The Morgan fingerprint density at radius 2 is 2.18 bits per heavy atom. The van der Waals surface area contributed by atoms with E-state index in [1.807, 2.05) is 37.3 Å². The SMILES string of the molecule is CCNc1nccc(-c2cccc(OC)c2)n1. The Morgan fingerprint density at radius 3 is 2.94 bits per heavy atom. The van der Waals surface area contributed by atoms with Crippen LogP contribution in [-0.2, 0) is 0 Å². The van der Waals surface area contributed by atoms with Gasteiger partial charge in [0.1, 0.15) is 5.75 Å². The third kappa shape index (κ3) is 2.72. The number of methoxy groups -OCH3 is 1. The fraction of sp³-hybridized carbons (Fsp3) is 0.231. The van der Waals surface area contributed by atoms with Crippen LogP contribution in [0, 0.1) is 0 Å². The zero-order valence-electron chi connectivity index (χ0n) is 9.97. The molecule has 1 heterocycles. The van der Waals surface area contributed by atoms with Crippen molar-refractivity contribution in [3.8, 4) is 17.0 Å². The van der Waals surface area contributed by atoms with Crippen molar-refractivity contribution >= 4 is 5.95 Å². The molecule has 0 atom stereocenters. The molecule has 0 aliphatic heterocycles.